The van der Waals surface area contributed by atoms with Crippen molar-refractivity contribution in [2.24, 2.45) is 0 Å². The highest BCUT2D eigenvalue weighted by molar-refractivity contribution is 7.92. The van der Waals surface area contributed by atoms with Crippen LogP contribution in [0.3, 0.4) is 0 Å². The highest BCUT2D eigenvalue weighted by atomic mass is 32.2. The summed E-state index contributed by atoms with van der Waals surface area (Å²) in [5, 5.41) is 0. The molecule has 0 saturated carbocycles. The molecule has 1 aromatic rings. The van der Waals surface area contributed by atoms with Crippen LogP contribution in [0.2, 0.25) is 0 Å². The average Bonchev–Trinajstić information content (AvgIpc) is 2.47. The molecule has 0 spiro atoms. The first-order chi connectivity index (χ1) is 8.47. The monoisotopic (exact) mass is 315 g/mol. The summed E-state index contributed by atoms with van der Waals surface area (Å²) in [5.41, 5.74) is -5.96. The smallest absolute Gasteiger partial charge is 0.268 e. The van der Waals surface area contributed by atoms with E-state index >= 15 is 0 Å². The number of halogens is 3. The van der Waals surface area contributed by atoms with E-state index in [1.165, 1.54) is 4.72 Å². The first-order valence-corrected chi connectivity index (χ1v) is 7.46. The van der Waals surface area contributed by atoms with Gasteiger partial charge in [0, 0.05) is 0 Å². The van der Waals surface area contributed by atoms with Crippen molar-refractivity contribution in [3.05, 3.63) is 23.8 Å². The molecule has 0 atom stereocenters. The number of sulfone groups is 1. The Kier molecular flexibility index (Phi) is 2.68. The number of benzene rings is 1. The molecular formula is C8H4F3NO5S2. The first kappa shape index (κ1) is 13.8. The van der Waals surface area contributed by atoms with Gasteiger partial charge in [-0.3, -0.25) is 4.79 Å². The van der Waals surface area contributed by atoms with E-state index in [0.29, 0.717) is 18.2 Å². The van der Waals surface area contributed by atoms with Gasteiger partial charge in [-0.05, 0) is 18.2 Å². The molecule has 11 heteroatoms. The van der Waals surface area contributed by atoms with Gasteiger partial charge >= 0.3 is 5.51 Å². The van der Waals surface area contributed by atoms with E-state index in [2.05, 4.69) is 0 Å². The summed E-state index contributed by atoms with van der Waals surface area (Å²) in [4.78, 5) is 9.15. The zero-order valence-electron chi connectivity index (χ0n) is 8.72. The fourth-order valence-electron chi connectivity index (χ4n) is 1.45. The van der Waals surface area contributed by atoms with Crippen LogP contribution in [0.4, 0.5) is 13.2 Å². The molecule has 1 heterocycles. The molecule has 1 amide bonds. The van der Waals surface area contributed by atoms with E-state index in [-0.39, 0.29) is 0 Å². The Morgan fingerprint density at radius 3 is 2.26 bits per heavy atom. The lowest BCUT2D eigenvalue weighted by Crippen LogP contribution is -2.23. The van der Waals surface area contributed by atoms with Crippen LogP contribution in [0.25, 0.3) is 0 Å². The van der Waals surface area contributed by atoms with Gasteiger partial charge in [-0.2, -0.15) is 13.2 Å². The molecule has 1 N–H and O–H groups in total. The molecule has 0 aliphatic carbocycles. The molecule has 1 aliphatic heterocycles. The zero-order valence-corrected chi connectivity index (χ0v) is 10.4. The van der Waals surface area contributed by atoms with Crippen molar-refractivity contribution in [3.63, 3.8) is 0 Å². The molecule has 0 aromatic heterocycles. The molecule has 0 radical (unpaired) electrons. The molecule has 0 bridgehead atoms. The number of carbonyl (C=O) groups excluding carboxylic acids is 1. The molecule has 19 heavy (non-hydrogen) atoms. The number of alkyl halides is 3. The van der Waals surface area contributed by atoms with Crippen molar-refractivity contribution in [2.45, 2.75) is 15.3 Å². The summed E-state index contributed by atoms with van der Waals surface area (Å²) >= 11 is 0. The van der Waals surface area contributed by atoms with E-state index < -0.39 is 46.6 Å². The van der Waals surface area contributed by atoms with Crippen LogP contribution >= 0.6 is 0 Å². The quantitative estimate of drug-likeness (QED) is 0.809. The largest absolute Gasteiger partial charge is 0.501 e. The number of rotatable bonds is 1. The van der Waals surface area contributed by atoms with Crippen molar-refractivity contribution in [2.75, 3.05) is 0 Å². The third-order valence-corrected chi connectivity index (χ3v) is 5.18. The van der Waals surface area contributed by atoms with Crippen molar-refractivity contribution < 1.29 is 34.8 Å². The first-order valence-electron chi connectivity index (χ1n) is 4.49. The van der Waals surface area contributed by atoms with Crippen LogP contribution in [0.5, 0.6) is 0 Å². The second kappa shape index (κ2) is 3.70. The number of sulfonamides is 1. The fourth-order valence-corrected chi connectivity index (χ4v) is 3.50. The van der Waals surface area contributed by atoms with E-state index in [1.54, 1.807) is 0 Å². The van der Waals surface area contributed by atoms with Crippen LogP contribution in [-0.4, -0.2) is 28.3 Å². The standard InChI is InChI=1S/C8H4F3NO5S2/c9-8(10,11)18(14,15)4-1-2-5-6(3-4)19(16,17)12-7(5)13/h1-3H,(H,12,13). The number of amides is 1. The van der Waals surface area contributed by atoms with Gasteiger partial charge in [0.2, 0.25) is 0 Å². The molecule has 0 saturated heterocycles. The lowest BCUT2D eigenvalue weighted by Gasteiger charge is -2.08. The van der Waals surface area contributed by atoms with E-state index in [1.807, 2.05) is 0 Å². The minimum atomic E-state index is -5.67. The van der Waals surface area contributed by atoms with E-state index in [4.69, 9.17) is 0 Å². The molecule has 6 nitrogen and oxygen atoms in total. The van der Waals surface area contributed by atoms with E-state index in [9.17, 15) is 34.8 Å². The molecule has 0 unspecified atom stereocenters. The molecule has 0 fully saturated rings. The molecule has 2 rings (SSSR count). The summed E-state index contributed by atoms with van der Waals surface area (Å²) in [6.45, 7) is 0. The summed E-state index contributed by atoms with van der Waals surface area (Å²) in [6, 6.07) is 1.56. The maximum absolute atomic E-state index is 12.3. The highest BCUT2D eigenvalue weighted by Crippen LogP contribution is 2.33. The third-order valence-electron chi connectivity index (χ3n) is 2.33. The zero-order chi connectivity index (χ0) is 14.6. The second-order valence-corrected chi connectivity index (χ2v) is 7.13. The van der Waals surface area contributed by atoms with Gasteiger partial charge in [-0.1, -0.05) is 0 Å². The summed E-state index contributed by atoms with van der Waals surface area (Å²) in [6.07, 6.45) is 0. The van der Waals surface area contributed by atoms with Gasteiger partial charge in [0.05, 0.1) is 10.5 Å². The maximum Gasteiger partial charge on any atom is 0.501 e. The Morgan fingerprint density at radius 2 is 1.74 bits per heavy atom. The van der Waals surface area contributed by atoms with Crippen molar-refractivity contribution in [3.8, 4) is 0 Å². The summed E-state index contributed by atoms with van der Waals surface area (Å²) in [5.74, 6) is -1.02. The van der Waals surface area contributed by atoms with Gasteiger partial charge < -0.3 is 0 Å². The SMILES string of the molecule is O=C1NS(=O)(=O)c2cc(S(=O)(=O)C(F)(F)F)ccc21. The Balaban J connectivity index is 2.72. The van der Waals surface area contributed by atoms with Gasteiger partial charge in [-0.15, -0.1) is 0 Å². The lowest BCUT2D eigenvalue weighted by molar-refractivity contribution is -0.0436. The number of hydrogen-bond acceptors (Lipinski definition) is 5. The van der Waals surface area contributed by atoms with E-state index in [0.717, 1.165) is 0 Å². The number of nitrogens with one attached hydrogen (secondary N) is 1. The molecular weight excluding hydrogens is 311 g/mol. The van der Waals surface area contributed by atoms with Crippen LogP contribution in [0.1, 0.15) is 10.4 Å². The number of carbonyl (C=O) groups is 1. The maximum atomic E-state index is 12.3. The highest BCUT2D eigenvalue weighted by Gasteiger charge is 2.47. The molecule has 1 aliphatic rings. The second-order valence-electron chi connectivity index (χ2n) is 3.54. The lowest BCUT2D eigenvalue weighted by atomic mass is 10.2. The van der Waals surface area contributed by atoms with Crippen molar-refractivity contribution >= 4 is 25.8 Å². The van der Waals surface area contributed by atoms with Crippen LogP contribution in [-0.2, 0) is 19.9 Å². The van der Waals surface area contributed by atoms with Crippen molar-refractivity contribution in [1.29, 1.82) is 0 Å². The van der Waals surface area contributed by atoms with Gasteiger partial charge in [0.25, 0.3) is 25.8 Å². The third kappa shape index (κ3) is 1.98. The Bertz CT molecular complexity index is 779. The topological polar surface area (TPSA) is 97.4 Å². The van der Waals surface area contributed by atoms with Gasteiger partial charge in [-0.25, -0.2) is 21.6 Å². The molecule has 1 aromatic carbocycles. The minimum absolute atomic E-state index is 0.311. The van der Waals surface area contributed by atoms with Crippen LogP contribution < -0.4 is 4.72 Å². The number of hydrogen-bond donors (Lipinski definition) is 1. The predicted molar refractivity (Wildman–Crippen MR) is 54.3 cm³/mol. The molecule has 104 valence electrons. The Labute approximate surface area is 105 Å². The Morgan fingerprint density at radius 1 is 1.16 bits per heavy atom. The number of fused-ring (bicyclic) bond motifs is 1. The van der Waals surface area contributed by atoms with Crippen molar-refractivity contribution in [1.82, 2.24) is 4.72 Å². The summed E-state index contributed by atoms with van der Waals surface area (Å²) < 4.78 is 83.5. The minimum Gasteiger partial charge on any atom is -0.268 e. The average molecular weight is 315 g/mol. The van der Waals surface area contributed by atoms with Crippen LogP contribution in [0.15, 0.2) is 28.0 Å². The summed E-state index contributed by atoms with van der Waals surface area (Å²) in [7, 11) is -9.98. The van der Waals surface area contributed by atoms with Gasteiger partial charge in [0.1, 0.15) is 4.90 Å². The normalized spacial score (nSPS) is 17.9. The predicted octanol–water partition coefficient (Wildman–Crippen LogP) is 0.412. The van der Waals surface area contributed by atoms with Gasteiger partial charge in [0.15, 0.2) is 0 Å². The fraction of sp³-hybridized carbons (Fsp3) is 0.125. The van der Waals surface area contributed by atoms with Crippen LogP contribution in [0, 0.1) is 0 Å². The Hall–Kier alpha value is -1.62.